The van der Waals surface area contributed by atoms with Gasteiger partial charge in [-0.25, -0.2) is 4.39 Å². The lowest BCUT2D eigenvalue weighted by Crippen LogP contribution is -2.49. The lowest BCUT2D eigenvalue weighted by Gasteiger charge is -2.36. The average molecular weight is 627 g/mol. The van der Waals surface area contributed by atoms with E-state index in [0.717, 1.165) is 27.8 Å². The third kappa shape index (κ3) is 6.75. The van der Waals surface area contributed by atoms with E-state index in [1.807, 2.05) is 49.1 Å². The highest BCUT2D eigenvalue weighted by Crippen LogP contribution is 2.38. The van der Waals surface area contributed by atoms with Crippen LogP contribution in [0.1, 0.15) is 37.5 Å². The maximum Gasteiger partial charge on any atom is 0.309 e. The van der Waals surface area contributed by atoms with Crippen LogP contribution in [-0.4, -0.2) is 71.2 Å². The van der Waals surface area contributed by atoms with Crippen molar-refractivity contribution in [3.05, 3.63) is 101 Å². The number of pyridine rings is 1. The molecule has 0 saturated carbocycles. The monoisotopic (exact) mass is 626 g/mol. The molecule has 1 saturated heterocycles. The number of nitrogens with zero attached hydrogens (tertiary/aromatic N) is 2. The van der Waals surface area contributed by atoms with Crippen LogP contribution in [-0.2, 0) is 11.3 Å². The van der Waals surface area contributed by atoms with Crippen molar-refractivity contribution in [3.8, 4) is 28.0 Å². The molecule has 11 heteroatoms. The summed E-state index contributed by atoms with van der Waals surface area (Å²) in [6.45, 7) is 4.80. The summed E-state index contributed by atoms with van der Waals surface area (Å²) >= 11 is 0. The molecular formula is C35H35FN4O6. The van der Waals surface area contributed by atoms with E-state index in [9.17, 15) is 14.4 Å². The number of hydrogen-bond donors (Lipinski definition) is 4. The second-order valence-corrected chi connectivity index (χ2v) is 11.2. The van der Waals surface area contributed by atoms with Gasteiger partial charge < -0.3 is 25.6 Å². The van der Waals surface area contributed by atoms with Crippen LogP contribution >= 0.6 is 0 Å². The fourth-order valence-corrected chi connectivity index (χ4v) is 5.60. The van der Waals surface area contributed by atoms with Crippen molar-refractivity contribution in [3.63, 3.8) is 0 Å². The van der Waals surface area contributed by atoms with Gasteiger partial charge in [-0.1, -0.05) is 30.3 Å². The van der Waals surface area contributed by atoms with Gasteiger partial charge in [0.25, 0.3) is 11.8 Å². The number of likely N-dealkylation sites (tertiary alicyclic amines) is 1. The van der Waals surface area contributed by atoms with E-state index in [-0.39, 0.29) is 31.0 Å². The number of carbonyl (C=O) groups excluding carboxylic acids is 2. The van der Waals surface area contributed by atoms with Gasteiger partial charge in [0.05, 0.1) is 25.2 Å². The minimum Gasteiger partial charge on any atom is -0.496 e. The Bertz CT molecular complexity index is 1790. The molecule has 2 amide bonds. The highest BCUT2D eigenvalue weighted by atomic mass is 19.1. The normalized spacial score (nSPS) is 13.2. The second kappa shape index (κ2) is 13.9. The minimum atomic E-state index is -0.845. The topological polar surface area (TPSA) is 141 Å². The van der Waals surface area contributed by atoms with Crippen molar-refractivity contribution in [2.24, 2.45) is 5.92 Å². The largest absolute Gasteiger partial charge is 0.496 e. The Kier molecular flexibility index (Phi) is 9.74. The molecule has 0 unspecified atom stereocenters. The Morgan fingerprint density at radius 2 is 1.67 bits per heavy atom. The van der Waals surface area contributed by atoms with Crippen LogP contribution in [0.3, 0.4) is 0 Å². The molecule has 0 radical (unpaired) electrons. The number of anilines is 1. The number of halogens is 1. The highest BCUT2D eigenvalue weighted by Gasteiger charge is 2.33. The fourth-order valence-electron chi connectivity index (χ4n) is 5.60. The number of hydrogen-bond acceptors (Lipinski definition) is 7. The van der Waals surface area contributed by atoms with Crippen LogP contribution in [0.4, 0.5) is 10.1 Å². The van der Waals surface area contributed by atoms with Crippen LogP contribution < -0.4 is 15.4 Å². The van der Waals surface area contributed by atoms with Crippen LogP contribution in [0.2, 0.25) is 0 Å². The maximum absolute atomic E-state index is 15.5. The summed E-state index contributed by atoms with van der Waals surface area (Å²) in [4.78, 5) is 42.3. The predicted octanol–water partition coefficient (Wildman–Crippen LogP) is 4.67. The number of rotatable bonds is 11. The molecule has 0 aliphatic carbocycles. The van der Waals surface area contributed by atoms with Crippen molar-refractivity contribution in [1.29, 1.82) is 0 Å². The maximum atomic E-state index is 15.5. The van der Waals surface area contributed by atoms with Crippen LogP contribution in [0, 0.1) is 25.6 Å². The number of nitrogens with one attached hydrogen (secondary N) is 2. The molecule has 0 spiro atoms. The molecule has 0 bridgehead atoms. The number of carboxylic acids is 1. The van der Waals surface area contributed by atoms with E-state index in [1.165, 1.54) is 31.5 Å². The zero-order valence-electron chi connectivity index (χ0n) is 25.8. The first-order chi connectivity index (χ1) is 22.1. The Hall–Kier alpha value is -5.13. The van der Waals surface area contributed by atoms with Crippen molar-refractivity contribution in [2.75, 3.05) is 38.7 Å². The molecule has 2 heterocycles. The summed E-state index contributed by atoms with van der Waals surface area (Å²) in [5.41, 5.74) is 6.37. The molecule has 1 aromatic heterocycles. The van der Waals surface area contributed by atoms with Gasteiger partial charge in [-0.3, -0.25) is 24.3 Å². The molecule has 1 aliphatic rings. The zero-order chi connectivity index (χ0) is 33.0. The molecule has 46 heavy (non-hydrogen) atoms. The number of carbonyl (C=O) groups is 3. The molecule has 5 rings (SSSR count). The number of aliphatic carboxylic acids is 1. The predicted molar refractivity (Wildman–Crippen MR) is 171 cm³/mol. The van der Waals surface area contributed by atoms with Crippen molar-refractivity contribution < 1.29 is 33.7 Å². The number of benzene rings is 3. The standard InChI is InChI=1S/C35H35FN4O6/c1-20-25(23-14-29(36)28(32(15-23)46-3)19-40-17-24(18-40)35(44)45)6-4-7-26(20)27-8-5-9-30(21(27)2)39-34(43)31-11-10-22(16-38-31)33(42)37-12-13-41/h4-11,14-16,24,41H,12-13,17-19H2,1-3H3,(H,37,42)(H,39,43)(H,44,45). The molecule has 1 aliphatic heterocycles. The lowest BCUT2D eigenvalue weighted by atomic mass is 9.90. The molecule has 0 atom stereocenters. The van der Waals surface area contributed by atoms with E-state index in [2.05, 4.69) is 15.6 Å². The van der Waals surface area contributed by atoms with Gasteiger partial charge in [0.15, 0.2) is 0 Å². The fraction of sp³-hybridized carbons (Fsp3) is 0.257. The van der Waals surface area contributed by atoms with Crippen molar-refractivity contribution >= 4 is 23.5 Å². The van der Waals surface area contributed by atoms with Gasteiger partial charge in [0.2, 0.25) is 0 Å². The van der Waals surface area contributed by atoms with Crippen molar-refractivity contribution in [2.45, 2.75) is 20.4 Å². The van der Waals surface area contributed by atoms with E-state index in [1.54, 1.807) is 12.1 Å². The molecule has 4 aromatic rings. The summed E-state index contributed by atoms with van der Waals surface area (Å²) in [7, 11) is 1.49. The van der Waals surface area contributed by atoms with Crippen molar-refractivity contribution in [1.82, 2.24) is 15.2 Å². The average Bonchev–Trinajstić information content (AvgIpc) is 3.02. The van der Waals surface area contributed by atoms with E-state index in [0.29, 0.717) is 35.7 Å². The summed E-state index contributed by atoms with van der Waals surface area (Å²) in [5, 5.41) is 23.5. The molecule has 4 N–H and O–H groups in total. The van der Waals surface area contributed by atoms with E-state index >= 15 is 4.39 Å². The molecule has 3 aromatic carbocycles. The van der Waals surface area contributed by atoms with Gasteiger partial charge in [0, 0.05) is 43.6 Å². The lowest BCUT2D eigenvalue weighted by molar-refractivity contribution is -0.147. The number of amides is 2. The Labute approximate surface area is 265 Å². The van der Waals surface area contributed by atoms with Crippen LogP contribution in [0.25, 0.3) is 22.3 Å². The third-order valence-electron chi connectivity index (χ3n) is 8.24. The zero-order valence-corrected chi connectivity index (χ0v) is 25.8. The smallest absolute Gasteiger partial charge is 0.309 e. The van der Waals surface area contributed by atoms with Crippen LogP contribution in [0.5, 0.6) is 5.75 Å². The van der Waals surface area contributed by atoms with Gasteiger partial charge in [-0.05, 0) is 77.6 Å². The number of aliphatic hydroxyl groups excluding tert-OH is 1. The minimum absolute atomic E-state index is 0.118. The summed E-state index contributed by atoms with van der Waals surface area (Å²) < 4.78 is 21.1. The summed E-state index contributed by atoms with van der Waals surface area (Å²) in [6.07, 6.45) is 1.31. The Morgan fingerprint density at radius 3 is 2.33 bits per heavy atom. The van der Waals surface area contributed by atoms with Gasteiger partial charge in [0.1, 0.15) is 17.3 Å². The first-order valence-electron chi connectivity index (χ1n) is 14.8. The van der Waals surface area contributed by atoms with E-state index in [4.69, 9.17) is 14.9 Å². The van der Waals surface area contributed by atoms with Gasteiger partial charge >= 0.3 is 5.97 Å². The number of ether oxygens (including phenoxy) is 1. The summed E-state index contributed by atoms with van der Waals surface area (Å²) in [5.74, 6) is -2.14. The molecule has 10 nitrogen and oxygen atoms in total. The van der Waals surface area contributed by atoms with Crippen LogP contribution in [0.15, 0.2) is 66.9 Å². The number of aliphatic hydroxyl groups is 1. The number of aromatic nitrogens is 1. The molecule has 238 valence electrons. The molecule has 1 fully saturated rings. The van der Waals surface area contributed by atoms with E-state index < -0.39 is 29.5 Å². The van der Waals surface area contributed by atoms with Gasteiger partial charge in [-0.15, -0.1) is 0 Å². The summed E-state index contributed by atoms with van der Waals surface area (Å²) in [6, 6.07) is 17.6. The van der Waals surface area contributed by atoms with Gasteiger partial charge in [-0.2, -0.15) is 0 Å². The highest BCUT2D eigenvalue weighted by molar-refractivity contribution is 6.04. The third-order valence-corrected chi connectivity index (χ3v) is 8.24. The first-order valence-corrected chi connectivity index (χ1v) is 14.8. The quantitative estimate of drug-likeness (QED) is 0.188. The Morgan fingerprint density at radius 1 is 0.978 bits per heavy atom. The number of methoxy groups -OCH3 is 1. The SMILES string of the molecule is COc1cc(-c2cccc(-c3cccc(NC(=O)c4ccc(C(=O)NCCO)cn4)c3C)c2C)cc(F)c1CN1CC(C(=O)O)C1. The Balaban J connectivity index is 1.38. The molecular weight excluding hydrogens is 591 g/mol. The second-order valence-electron chi connectivity index (χ2n) is 11.2. The first kappa shape index (κ1) is 32.3. The number of carboxylic acid groups (broad SMARTS) is 1.